The van der Waals surface area contributed by atoms with Crippen molar-refractivity contribution in [2.75, 3.05) is 30.5 Å². The van der Waals surface area contributed by atoms with Crippen LogP contribution in [0.25, 0.3) is 0 Å². The van der Waals surface area contributed by atoms with Gasteiger partial charge in [-0.25, -0.2) is 0 Å². The lowest BCUT2D eigenvalue weighted by atomic mass is 10.2. The summed E-state index contributed by atoms with van der Waals surface area (Å²) in [6.07, 6.45) is -0.805. The number of hydrogen-bond acceptors (Lipinski definition) is 5. The van der Waals surface area contributed by atoms with E-state index in [1.54, 1.807) is 12.1 Å². The van der Waals surface area contributed by atoms with Crippen LogP contribution >= 0.6 is 23.4 Å². The Morgan fingerprint density at radius 1 is 1.55 bits per heavy atom. The number of benzene rings is 1. The lowest BCUT2D eigenvalue weighted by Crippen LogP contribution is -2.19. The second-order valence-corrected chi connectivity index (χ2v) is 5.64. The first kappa shape index (κ1) is 17.1. The van der Waals surface area contributed by atoms with E-state index < -0.39 is 6.10 Å². The molecule has 3 N–H and O–H groups in total. The van der Waals surface area contributed by atoms with E-state index in [4.69, 9.17) is 21.4 Å². The van der Waals surface area contributed by atoms with Gasteiger partial charge in [-0.15, -0.1) is 11.8 Å². The normalized spacial score (nSPS) is 12.1. The van der Waals surface area contributed by atoms with Crippen molar-refractivity contribution in [2.24, 2.45) is 0 Å². The van der Waals surface area contributed by atoms with Crippen molar-refractivity contribution in [3.8, 4) is 5.75 Å². The Kier molecular flexibility index (Phi) is 7.15. The highest BCUT2D eigenvalue weighted by Crippen LogP contribution is 2.30. The standard InChI is InChI=1S/C13H18ClNO4S/c1-8-3-11(12(19-2)4-10(8)14)15-13(18)7-20-6-9(17)5-16/h3-4,9,16-17H,5-7H2,1-2H3,(H,15,18). The highest BCUT2D eigenvalue weighted by atomic mass is 35.5. The number of thioether (sulfide) groups is 1. The van der Waals surface area contributed by atoms with Gasteiger partial charge in [0.25, 0.3) is 0 Å². The summed E-state index contributed by atoms with van der Waals surface area (Å²) in [4.78, 5) is 11.8. The number of nitrogens with one attached hydrogen (secondary N) is 1. The van der Waals surface area contributed by atoms with Gasteiger partial charge >= 0.3 is 0 Å². The van der Waals surface area contributed by atoms with Crippen molar-refractivity contribution in [2.45, 2.75) is 13.0 Å². The number of carbonyl (C=O) groups is 1. The fourth-order valence-electron chi connectivity index (χ4n) is 1.46. The summed E-state index contributed by atoms with van der Waals surface area (Å²) in [5.74, 6) is 0.775. The molecule has 0 aliphatic heterocycles. The molecule has 5 nitrogen and oxygen atoms in total. The van der Waals surface area contributed by atoms with Crippen LogP contribution in [0.2, 0.25) is 5.02 Å². The van der Waals surface area contributed by atoms with Gasteiger partial charge in [0.2, 0.25) is 5.91 Å². The predicted molar refractivity (Wildman–Crippen MR) is 81.8 cm³/mol. The molecule has 0 heterocycles. The molecule has 0 saturated carbocycles. The van der Waals surface area contributed by atoms with Gasteiger partial charge in [0.1, 0.15) is 5.75 Å². The van der Waals surface area contributed by atoms with Gasteiger partial charge in [-0.05, 0) is 18.6 Å². The molecule has 20 heavy (non-hydrogen) atoms. The lowest BCUT2D eigenvalue weighted by Gasteiger charge is -2.12. The molecule has 0 aliphatic rings. The zero-order valence-corrected chi connectivity index (χ0v) is 12.9. The molecule has 1 amide bonds. The van der Waals surface area contributed by atoms with E-state index in [-0.39, 0.29) is 18.3 Å². The Bertz CT molecular complexity index is 470. The van der Waals surface area contributed by atoms with Gasteiger partial charge in [0.05, 0.1) is 31.3 Å². The summed E-state index contributed by atoms with van der Waals surface area (Å²) in [6, 6.07) is 3.39. The molecule has 1 rings (SSSR count). The van der Waals surface area contributed by atoms with E-state index in [1.165, 1.54) is 18.9 Å². The molecule has 1 aromatic rings. The number of aliphatic hydroxyl groups is 2. The van der Waals surface area contributed by atoms with Crippen molar-refractivity contribution in [3.05, 3.63) is 22.7 Å². The van der Waals surface area contributed by atoms with Gasteiger partial charge in [0, 0.05) is 16.8 Å². The quantitative estimate of drug-likeness (QED) is 0.712. The Hall–Kier alpha value is -0.950. The third-order valence-electron chi connectivity index (χ3n) is 2.51. The number of carbonyl (C=O) groups excluding carboxylic acids is 1. The molecule has 0 radical (unpaired) electrons. The summed E-state index contributed by atoms with van der Waals surface area (Å²) >= 11 is 7.23. The number of hydrogen-bond donors (Lipinski definition) is 3. The molecule has 0 aromatic heterocycles. The minimum absolute atomic E-state index is 0.182. The van der Waals surface area contributed by atoms with E-state index in [9.17, 15) is 9.90 Å². The topological polar surface area (TPSA) is 78.8 Å². The molecule has 0 aliphatic carbocycles. The number of aryl methyl sites for hydroxylation is 1. The molecule has 0 spiro atoms. The van der Waals surface area contributed by atoms with E-state index >= 15 is 0 Å². The summed E-state index contributed by atoms with van der Waals surface area (Å²) in [5.41, 5.74) is 1.40. The number of anilines is 1. The maximum Gasteiger partial charge on any atom is 0.234 e. The van der Waals surface area contributed by atoms with Crippen LogP contribution in [-0.2, 0) is 4.79 Å². The monoisotopic (exact) mass is 319 g/mol. The Morgan fingerprint density at radius 3 is 2.85 bits per heavy atom. The number of aliphatic hydroxyl groups excluding tert-OH is 2. The van der Waals surface area contributed by atoms with E-state index in [0.717, 1.165) is 5.56 Å². The maximum absolute atomic E-state index is 11.8. The molecule has 1 unspecified atom stereocenters. The largest absolute Gasteiger partial charge is 0.495 e. The summed E-state index contributed by atoms with van der Waals surface area (Å²) in [5, 5.41) is 21.1. The average Bonchev–Trinajstić information content (AvgIpc) is 2.42. The maximum atomic E-state index is 11.8. The van der Waals surface area contributed by atoms with E-state index in [2.05, 4.69) is 5.32 Å². The molecule has 112 valence electrons. The van der Waals surface area contributed by atoms with Gasteiger partial charge in [-0.1, -0.05) is 11.6 Å². The lowest BCUT2D eigenvalue weighted by molar-refractivity contribution is -0.113. The first-order chi connectivity index (χ1) is 9.47. The van der Waals surface area contributed by atoms with Crippen molar-refractivity contribution < 1.29 is 19.7 Å². The highest BCUT2D eigenvalue weighted by Gasteiger charge is 2.11. The molecular weight excluding hydrogens is 302 g/mol. The molecule has 0 saturated heterocycles. The number of rotatable bonds is 7. The van der Waals surface area contributed by atoms with Crippen molar-refractivity contribution >= 4 is 35.0 Å². The van der Waals surface area contributed by atoms with Crippen LogP contribution in [0.15, 0.2) is 12.1 Å². The molecule has 0 bridgehead atoms. The van der Waals surface area contributed by atoms with Crippen LogP contribution in [0.5, 0.6) is 5.75 Å². The predicted octanol–water partition coefficient (Wildman–Crippen LogP) is 1.68. The molecule has 0 fully saturated rings. The van der Waals surface area contributed by atoms with Crippen LogP contribution in [-0.4, -0.2) is 47.4 Å². The van der Waals surface area contributed by atoms with Crippen LogP contribution in [0.3, 0.4) is 0 Å². The minimum atomic E-state index is -0.805. The zero-order valence-electron chi connectivity index (χ0n) is 11.4. The van der Waals surface area contributed by atoms with Crippen LogP contribution in [0, 0.1) is 6.92 Å². The number of halogens is 1. The highest BCUT2D eigenvalue weighted by molar-refractivity contribution is 8.00. The molecule has 1 aromatic carbocycles. The summed E-state index contributed by atoms with van der Waals surface area (Å²) in [6.45, 7) is 1.53. The third kappa shape index (κ3) is 5.20. The molecule has 7 heteroatoms. The second-order valence-electron chi connectivity index (χ2n) is 4.20. The second kappa shape index (κ2) is 8.36. The van der Waals surface area contributed by atoms with Gasteiger partial charge < -0.3 is 20.3 Å². The number of methoxy groups -OCH3 is 1. The van der Waals surface area contributed by atoms with Crippen molar-refractivity contribution in [1.29, 1.82) is 0 Å². The zero-order chi connectivity index (χ0) is 15.1. The van der Waals surface area contributed by atoms with E-state index in [0.29, 0.717) is 22.2 Å². The third-order valence-corrected chi connectivity index (χ3v) is 4.00. The summed E-state index contributed by atoms with van der Waals surface area (Å²) < 4.78 is 5.16. The number of amides is 1. The van der Waals surface area contributed by atoms with E-state index in [1.807, 2.05) is 6.92 Å². The SMILES string of the molecule is COc1cc(Cl)c(C)cc1NC(=O)CSCC(O)CO. The fraction of sp³-hybridized carbons (Fsp3) is 0.462. The molecule has 1 atom stereocenters. The first-order valence-electron chi connectivity index (χ1n) is 5.98. The first-order valence-corrected chi connectivity index (χ1v) is 7.51. The van der Waals surface area contributed by atoms with Crippen molar-refractivity contribution in [1.82, 2.24) is 0 Å². The minimum Gasteiger partial charge on any atom is -0.495 e. The Morgan fingerprint density at radius 2 is 2.25 bits per heavy atom. The van der Waals surface area contributed by atoms with Crippen LogP contribution < -0.4 is 10.1 Å². The van der Waals surface area contributed by atoms with Gasteiger partial charge in [-0.3, -0.25) is 4.79 Å². The van der Waals surface area contributed by atoms with Crippen molar-refractivity contribution in [3.63, 3.8) is 0 Å². The Balaban J connectivity index is 2.59. The van der Waals surface area contributed by atoms with Crippen LogP contribution in [0.4, 0.5) is 5.69 Å². The average molecular weight is 320 g/mol. The fourth-order valence-corrected chi connectivity index (χ4v) is 2.36. The van der Waals surface area contributed by atoms with Gasteiger partial charge in [-0.2, -0.15) is 0 Å². The van der Waals surface area contributed by atoms with Crippen LogP contribution in [0.1, 0.15) is 5.56 Å². The summed E-state index contributed by atoms with van der Waals surface area (Å²) in [7, 11) is 1.50. The number of ether oxygens (including phenoxy) is 1. The van der Waals surface area contributed by atoms with Gasteiger partial charge in [0.15, 0.2) is 0 Å². The smallest absolute Gasteiger partial charge is 0.234 e. The Labute approximate surface area is 127 Å². The molecular formula is C13H18ClNO4S.